The van der Waals surface area contributed by atoms with Crippen LogP contribution in [-0.2, 0) is 14.6 Å². The molecule has 0 heterocycles. The fraction of sp³-hybridized carbons (Fsp3) is 0.333. The lowest BCUT2D eigenvalue weighted by molar-refractivity contribution is -0.126. The van der Waals surface area contributed by atoms with E-state index in [2.05, 4.69) is 5.32 Å². The van der Waals surface area contributed by atoms with Gasteiger partial charge in [0.2, 0.25) is 5.91 Å². The smallest absolute Gasteiger partial charge is 0.224 e. The summed E-state index contributed by atoms with van der Waals surface area (Å²) in [5.41, 5.74) is 0. The SMILES string of the molecule is N#CCNC(=O)[C@@H]1CC(S(=O)(=O)c2ccccc2Cl)C[C@H]1COc1ccc(Cl)cc1. The maximum atomic E-state index is 13.2. The van der Waals surface area contributed by atoms with Crippen molar-refractivity contribution in [2.24, 2.45) is 11.8 Å². The summed E-state index contributed by atoms with van der Waals surface area (Å²) in [4.78, 5) is 12.7. The van der Waals surface area contributed by atoms with Crippen molar-refractivity contribution in [3.63, 3.8) is 0 Å². The fourth-order valence-electron chi connectivity index (χ4n) is 3.68. The van der Waals surface area contributed by atoms with Gasteiger partial charge in [0, 0.05) is 16.9 Å². The molecule has 2 aromatic carbocycles. The van der Waals surface area contributed by atoms with Gasteiger partial charge >= 0.3 is 0 Å². The zero-order valence-electron chi connectivity index (χ0n) is 15.9. The number of nitrogens with zero attached hydrogens (tertiary/aromatic N) is 1. The molecule has 1 saturated carbocycles. The lowest BCUT2D eigenvalue weighted by atomic mass is 9.96. The van der Waals surface area contributed by atoms with Gasteiger partial charge in [-0.1, -0.05) is 35.3 Å². The van der Waals surface area contributed by atoms with Gasteiger partial charge in [-0.2, -0.15) is 5.26 Å². The minimum atomic E-state index is -3.73. The molecule has 1 aliphatic rings. The number of rotatable bonds is 7. The zero-order valence-corrected chi connectivity index (χ0v) is 18.3. The van der Waals surface area contributed by atoms with E-state index >= 15 is 0 Å². The van der Waals surface area contributed by atoms with Crippen molar-refractivity contribution in [1.82, 2.24) is 5.32 Å². The molecule has 158 valence electrons. The Morgan fingerprint density at radius 2 is 1.83 bits per heavy atom. The van der Waals surface area contributed by atoms with Gasteiger partial charge in [-0.25, -0.2) is 8.42 Å². The van der Waals surface area contributed by atoms with E-state index in [9.17, 15) is 13.2 Å². The first-order valence-electron chi connectivity index (χ1n) is 9.34. The summed E-state index contributed by atoms with van der Waals surface area (Å²) in [6.07, 6.45) is 0.394. The third-order valence-corrected chi connectivity index (χ3v) is 8.11. The first-order valence-corrected chi connectivity index (χ1v) is 11.6. The molecule has 6 nitrogen and oxygen atoms in total. The Labute approximate surface area is 185 Å². The summed E-state index contributed by atoms with van der Waals surface area (Å²) in [7, 11) is -3.73. The highest BCUT2D eigenvalue weighted by Crippen LogP contribution is 2.40. The van der Waals surface area contributed by atoms with Crippen LogP contribution in [0, 0.1) is 23.2 Å². The molecule has 30 heavy (non-hydrogen) atoms. The van der Waals surface area contributed by atoms with E-state index in [4.69, 9.17) is 33.2 Å². The van der Waals surface area contributed by atoms with Crippen molar-refractivity contribution in [1.29, 1.82) is 5.26 Å². The Bertz CT molecular complexity index is 1050. The van der Waals surface area contributed by atoms with E-state index < -0.39 is 21.0 Å². The molecular weight excluding hydrogens is 447 g/mol. The molecule has 0 aliphatic heterocycles. The molecule has 1 N–H and O–H groups in total. The molecule has 1 aliphatic carbocycles. The van der Waals surface area contributed by atoms with Gasteiger partial charge in [0.05, 0.1) is 27.8 Å². The number of hydrogen-bond donors (Lipinski definition) is 1. The van der Waals surface area contributed by atoms with Gasteiger partial charge in [-0.3, -0.25) is 4.79 Å². The minimum Gasteiger partial charge on any atom is -0.493 e. The van der Waals surface area contributed by atoms with E-state index in [-0.39, 0.29) is 47.7 Å². The maximum absolute atomic E-state index is 13.2. The van der Waals surface area contributed by atoms with Gasteiger partial charge in [-0.05, 0) is 49.2 Å². The molecule has 1 amide bonds. The number of sulfone groups is 1. The maximum Gasteiger partial charge on any atom is 0.224 e. The zero-order chi connectivity index (χ0) is 21.7. The molecule has 9 heteroatoms. The first-order chi connectivity index (χ1) is 14.3. The monoisotopic (exact) mass is 466 g/mol. The highest BCUT2D eigenvalue weighted by atomic mass is 35.5. The van der Waals surface area contributed by atoms with Crippen LogP contribution in [0.3, 0.4) is 0 Å². The number of carbonyl (C=O) groups is 1. The first kappa shape index (κ1) is 22.4. The van der Waals surface area contributed by atoms with Crippen LogP contribution in [0.1, 0.15) is 12.8 Å². The molecule has 0 saturated heterocycles. The second-order valence-electron chi connectivity index (χ2n) is 7.08. The topological polar surface area (TPSA) is 96.3 Å². The van der Waals surface area contributed by atoms with Gasteiger partial charge in [0.1, 0.15) is 12.3 Å². The number of ether oxygens (including phenoxy) is 1. The number of benzene rings is 2. The van der Waals surface area contributed by atoms with Crippen molar-refractivity contribution >= 4 is 38.9 Å². The van der Waals surface area contributed by atoms with Crippen LogP contribution < -0.4 is 10.1 Å². The van der Waals surface area contributed by atoms with Gasteiger partial charge in [-0.15, -0.1) is 0 Å². The number of carbonyl (C=O) groups excluding carboxylic acids is 1. The number of nitriles is 1. The Hall–Kier alpha value is -2.27. The second-order valence-corrected chi connectivity index (χ2v) is 10.1. The van der Waals surface area contributed by atoms with Crippen molar-refractivity contribution in [2.75, 3.05) is 13.2 Å². The van der Waals surface area contributed by atoms with Crippen molar-refractivity contribution in [3.05, 3.63) is 58.6 Å². The van der Waals surface area contributed by atoms with Crippen LogP contribution in [0.2, 0.25) is 10.0 Å². The lowest BCUT2D eigenvalue weighted by Gasteiger charge is -2.18. The highest BCUT2D eigenvalue weighted by molar-refractivity contribution is 7.92. The van der Waals surface area contributed by atoms with Gasteiger partial charge < -0.3 is 10.1 Å². The van der Waals surface area contributed by atoms with E-state index in [1.54, 1.807) is 36.4 Å². The Morgan fingerprint density at radius 3 is 2.50 bits per heavy atom. The summed E-state index contributed by atoms with van der Waals surface area (Å²) in [5.74, 6) is -0.694. The molecule has 0 radical (unpaired) electrons. The van der Waals surface area contributed by atoms with Crippen LogP contribution in [-0.4, -0.2) is 32.7 Å². The van der Waals surface area contributed by atoms with E-state index in [0.29, 0.717) is 10.8 Å². The fourth-order valence-corrected chi connectivity index (χ4v) is 6.19. The van der Waals surface area contributed by atoms with E-state index in [1.807, 2.05) is 6.07 Å². The molecule has 0 bridgehead atoms. The quantitative estimate of drug-likeness (QED) is 0.624. The summed E-state index contributed by atoms with van der Waals surface area (Å²) >= 11 is 12.0. The van der Waals surface area contributed by atoms with Crippen molar-refractivity contribution in [2.45, 2.75) is 23.0 Å². The predicted octanol–water partition coefficient (Wildman–Crippen LogP) is 3.88. The highest BCUT2D eigenvalue weighted by Gasteiger charge is 2.45. The third-order valence-electron chi connectivity index (χ3n) is 5.19. The van der Waals surface area contributed by atoms with Crippen LogP contribution in [0.5, 0.6) is 5.75 Å². The van der Waals surface area contributed by atoms with Crippen molar-refractivity contribution < 1.29 is 17.9 Å². The van der Waals surface area contributed by atoms with Gasteiger partial charge in [0.15, 0.2) is 9.84 Å². The van der Waals surface area contributed by atoms with E-state index in [0.717, 1.165) is 0 Å². The summed E-state index contributed by atoms with van der Waals surface area (Å²) in [6.45, 7) is 0.0306. The molecular formula is C21H20Cl2N2O4S. The molecule has 0 aromatic heterocycles. The normalized spacial score (nSPS) is 21.0. The molecule has 0 spiro atoms. The summed E-state index contributed by atoms with van der Waals surface area (Å²) in [6, 6.07) is 14.9. The Morgan fingerprint density at radius 1 is 1.13 bits per heavy atom. The third kappa shape index (κ3) is 5.07. The molecule has 1 unspecified atom stereocenters. The van der Waals surface area contributed by atoms with Crippen LogP contribution in [0.4, 0.5) is 0 Å². The number of amides is 1. The molecule has 3 atom stereocenters. The van der Waals surface area contributed by atoms with Crippen molar-refractivity contribution in [3.8, 4) is 11.8 Å². The van der Waals surface area contributed by atoms with Crippen LogP contribution in [0.15, 0.2) is 53.4 Å². The Balaban J connectivity index is 1.80. The number of halogens is 2. The average molecular weight is 467 g/mol. The second kappa shape index (κ2) is 9.69. The van der Waals surface area contributed by atoms with Crippen LogP contribution in [0.25, 0.3) is 0 Å². The lowest BCUT2D eigenvalue weighted by Crippen LogP contribution is -2.34. The number of nitrogens with one attached hydrogen (secondary N) is 1. The van der Waals surface area contributed by atoms with Crippen LogP contribution >= 0.6 is 23.2 Å². The van der Waals surface area contributed by atoms with Gasteiger partial charge in [0.25, 0.3) is 0 Å². The minimum absolute atomic E-state index is 0.0621. The summed E-state index contributed by atoms with van der Waals surface area (Å²) < 4.78 is 32.1. The predicted molar refractivity (Wildman–Crippen MR) is 114 cm³/mol. The molecule has 3 rings (SSSR count). The summed E-state index contributed by atoms with van der Waals surface area (Å²) in [5, 5.41) is 11.2. The van der Waals surface area contributed by atoms with E-state index in [1.165, 1.54) is 12.1 Å². The average Bonchev–Trinajstić information content (AvgIpc) is 3.17. The largest absolute Gasteiger partial charge is 0.493 e. The molecule has 2 aromatic rings. The standard InChI is InChI=1S/C21H20Cl2N2O4S/c22-15-5-7-16(8-6-15)29-13-14-11-17(12-18(14)21(26)25-10-9-24)30(27,28)20-4-2-1-3-19(20)23/h1-8,14,17-18H,10-13H2,(H,25,26)/t14-,17?,18+/m0/s1. The molecule has 1 fully saturated rings. The Kier molecular flexibility index (Phi) is 7.24. The number of hydrogen-bond acceptors (Lipinski definition) is 5.